The molecule has 2 rings (SSSR count). The van der Waals surface area contributed by atoms with Crippen LogP contribution in [0.5, 0.6) is 0 Å². The SMILES string of the molecule is CC1(C)CCC(N)(c2ccc(F)cc2)CC1. The van der Waals surface area contributed by atoms with Gasteiger partial charge in [0.2, 0.25) is 0 Å². The van der Waals surface area contributed by atoms with E-state index < -0.39 is 0 Å². The standard InChI is InChI=1S/C14H20FN/c1-13(2)7-9-14(16,10-8-13)11-3-5-12(15)6-4-11/h3-6H,7-10,16H2,1-2H3. The van der Waals surface area contributed by atoms with Crippen molar-refractivity contribution in [3.8, 4) is 0 Å². The maximum absolute atomic E-state index is 12.9. The van der Waals surface area contributed by atoms with E-state index in [-0.39, 0.29) is 11.4 Å². The molecule has 2 heteroatoms. The highest BCUT2D eigenvalue weighted by molar-refractivity contribution is 5.25. The molecule has 0 bridgehead atoms. The van der Waals surface area contributed by atoms with Crippen molar-refractivity contribution in [2.75, 3.05) is 0 Å². The van der Waals surface area contributed by atoms with Crippen molar-refractivity contribution >= 4 is 0 Å². The molecule has 0 spiro atoms. The third kappa shape index (κ3) is 2.27. The van der Waals surface area contributed by atoms with Gasteiger partial charge in [-0.15, -0.1) is 0 Å². The Morgan fingerprint density at radius 2 is 1.50 bits per heavy atom. The van der Waals surface area contributed by atoms with Crippen LogP contribution in [0.25, 0.3) is 0 Å². The van der Waals surface area contributed by atoms with Gasteiger partial charge in [0.15, 0.2) is 0 Å². The fraction of sp³-hybridized carbons (Fsp3) is 0.571. The van der Waals surface area contributed by atoms with Gasteiger partial charge in [0, 0.05) is 5.54 Å². The second-order valence-corrected chi connectivity index (χ2v) is 5.83. The maximum Gasteiger partial charge on any atom is 0.123 e. The summed E-state index contributed by atoms with van der Waals surface area (Å²) in [5.74, 6) is -0.191. The zero-order valence-corrected chi connectivity index (χ0v) is 10.1. The molecular formula is C14H20FN. The molecule has 0 saturated heterocycles. The van der Waals surface area contributed by atoms with Crippen molar-refractivity contribution in [1.82, 2.24) is 0 Å². The Morgan fingerprint density at radius 1 is 1.00 bits per heavy atom. The fourth-order valence-electron chi connectivity index (χ4n) is 2.44. The van der Waals surface area contributed by atoms with Gasteiger partial charge in [-0.1, -0.05) is 26.0 Å². The van der Waals surface area contributed by atoms with Crippen LogP contribution in [0.1, 0.15) is 45.1 Å². The van der Waals surface area contributed by atoms with Crippen molar-refractivity contribution in [3.05, 3.63) is 35.6 Å². The second-order valence-electron chi connectivity index (χ2n) is 5.83. The van der Waals surface area contributed by atoms with E-state index in [4.69, 9.17) is 5.73 Å². The van der Waals surface area contributed by atoms with E-state index in [0.29, 0.717) is 5.41 Å². The smallest absolute Gasteiger partial charge is 0.123 e. The summed E-state index contributed by atoms with van der Waals surface area (Å²) in [5, 5.41) is 0. The summed E-state index contributed by atoms with van der Waals surface area (Å²) < 4.78 is 12.9. The van der Waals surface area contributed by atoms with Crippen LogP contribution in [0.4, 0.5) is 4.39 Å². The summed E-state index contributed by atoms with van der Waals surface area (Å²) in [6, 6.07) is 6.66. The molecule has 1 aliphatic rings. The molecule has 1 saturated carbocycles. The molecule has 1 fully saturated rings. The Hall–Kier alpha value is -0.890. The van der Waals surface area contributed by atoms with Gasteiger partial charge in [0.25, 0.3) is 0 Å². The number of benzene rings is 1. The molecular weight excluding hydrogens is 201 g/mol. The van der Waals surface area contributed by atoms with Crippen LogP contribution >= 0.6 is 0 Å². The predicted molar refractivity (Wildman–Crippen MR) is 64.5 cm³/mol. The van der Waals surface area contributed by atoms with Gasteiger partial charge in [0.1, 0.15) is 5.82 Å². The Morgan fingerprint density at radius 3 is 2.00 bits per heavy atom. The molecule has 16 heavy (non-hydrogen) atoms. The van der Waals surface area contributed by atoms with Crippen molar-refractivity contribution in [1.29, 1.82) is 0 Å². The van der Waals surface area contributed by atoms with Crippen LogP contribution < -0.4 is 5.73 Å². The van der Waals surface area contributed by atoms with Crippen molar-refractivity contribution < 1.29 is 4.39 Å². The number of hydrogen-bond donors (Lipinski definition) is 1. The van der Waals surface area contributed by atoms with Gasteiger partial charge in [0.05, 0.1) is 0 Å². The largest absolute Gasteiger partial charge is 0.321 e. The minimum atomic E-state index is -0.247. The molecule has 0 aliphatic heterocycles. The summed E-state index contributed by atoms with van der Waals surface area (Å²) in [4.78, 5) is 0. The Labute approximate surface area is 96.9 Å². The van der Waals surface area contributed by atoms with E-state index in [2.05, 4.69) is 13.8 Å². The number of nitrogens with two attached hydrogens (primary N) is 1. The Bertz CT molecular complexity index is 357. The highest BCUT2D eigenvalue weighted by Gasteiger charge is 2.36. The summed E-state index contributed by atoms with van der Waals surface area (Å²) in [6.07, 6.45) is 4.26. The first-order valence-corrected chi connectivity index (χ1v) is 5.96. The molecule has 1 nitrogen and oxygen atoms in total. The van der Waals surface area contributed by atoms with Gasteiger partial charge >= 0.3 is 0 Å². The van der Waals surface area contributed by atoms with E-state index in [1.54, 1.807) is 0 Å². The third-order valence-electron chi connectivity index (χ3n) is 3.91. The van der Waals surface area contributed by atoms with Gasteiger partial charge in [-0.3, -0.25) is 0 Å². The fourth-order valence-corrected chi connectivity index (χ4v) is 2.44. The van der Waals surface area contributed by atoms with Crippen LogP contribution in [-0.2, 0) is 5.54 Å². The number of hydrogen-bond acceptors (Lipinski definition) is 1. The number of rotatable bonds is 1. The molecule has 1 aliphatic carbocycles. The Balaban J connectivity index is 2.18. The van der Waals surface area contributed by atoms with Crippen LogP contribution in [-0.4, -0.2) is 0 Å². The highest BCUT2D eigenvalue weighted by Crippen LogP contribution is 2.43. The molecule has 0 radical (unpaired) electrons. The summed E-state index contributed by atoms with van der Waals surface area (Å²) in [5.41, 5.74) is 7.66. The van der Waals surface area contributed by atoms with Crippen molar-refractivity contribution in [2.24, 2.45) is 11.1 Å². The lowest BCUT2D eigenvalue weighted by Crippen LogP contribution is -2.42. The Kier molecular flexibility index (Phi) is 2.79. The topological polar surface area (TPSA) is 26.0 Å². The van der Waals surface area contributed by atoms with Crippen molar-refractivity contribution in [3.63, 3.8) is 0 Å². The monoisotopic (exact) mass is 221 g/mol. The first-order chi connectivity index (χ1) is 7.41. The lowest BCUT2D eigenvalue weighted by Gasteiger charge is -2.41. The van der Waals surface area contributed by atoms with Crippen LogP contribution in [0.2, 0.25) is 0 Å². The molecule has 0 aromatic heterocycles. The van der Waals surface area contributed by atoms with Crippen LogP contribution in [0.3, 0.4) is 0 Å². The van der Waals surface area contributed by atoms with Gasteiger partial charge < -0.3 is 5.73 Å². The first-order valence-electron chi connectivity index (χ1n) is 5.96. The van der Waals surface area contributed by atoms with Gasteiger partial charge in [-0.05, 0) is 48.8 Å². The zero-order valence-electron chi connectivity index (χ0n) is 10.1. The lowest BCUT2D eigenvalue weighted by molar-refractivity contribution is 0.165. The predicted octanol–water partition coefficient (Wildman–Crippen LogP) is 3.58. The molecule has 88 valence electrons. The van der Waals surface area contributed by atoms with E-state index >= 15 is 0 Å². The van der Waals surface area contributed by atoms with E-state index in [0.717, 1.165) is 31.2 Å². The van der Waals surface area contributed by atoms with Gasteiger partial charge in [-0.25, -0.2) is 4.39 Å². The highest BCUT2D eigenvalue weighted by atomic mass is 19.1. The molecule has 0 heterocycles. The molecule has 0 amide bonds. The van der Waals surface area contributed by atoms with E-state index in [1.807, 2.05) is 12.1 Å². The molecule has 1 aromatic rings. The van der Waals surface area contributed by atoms with Crippen LogP contribution in [0.15, 0.2) is 24.3 Å². The number of halogens is 1. The first kappa shape index (κ1) is 11.6. The second kappa shape index (κ2) is 3.85. The van der Waals surface area contributed by atoms with E-state index in [1.165, 1.54) is 12.1 Å². The van der Waals surface area contributed by atoms with E-state index in [9.17, 15) is 4.39 Å². The molecule has 0 atom stereocenters. The average Bonchev–Trinajstić information content (AvgIpc) is 2.24. The molecule has 2 N–H and O–H groups in total. The minimum Gasteiger partial charge on any atom is -0.321 e. The zero-order chi connectivity index (χ0) is 11.8. The minimum absolute atomic E-state index is 0.191. The average molecular weight is 221 g/mol. The molecule has 0 unspecified atom stereocenters. The summed E-state index contributed by atoms with van der Waals surface area (Å²) in [6.45, 7) is 4.58. The van der Waals surface area contributed by atoms with Crippen molar-refractivity contribution in [2.45, 2.75) is 45.1 Å². The van der Waals surface area contributed by atoms with Crippen LogP contribution in [0, 0.1) is 11.2 Å². The summed E-state index contributed by atoms with van der Waals surface area (Å²) in [7, 11) is 0. The quantitative estimate of drug-likeness (QED) is 0.770. The normalized spacial score (nSPS) is 23.0. The lowest BCUT2D eigenvalue weighted by atomic mass is 9.67. The molecule has 1 aromatic carbocycles. The summed E-state index contributed by atoms with van der Waals surface area (Å²) >= 11 is 0. The maximum atomic E-state index is 12.9. The van der Waals surface area contributed by atoms with Gasteiger partial charge in [-0.2, -0.15) is 0 Å². The third-order valence-corrected chi connectivity index (χ3v) is 3.91.